The van der Waals surface area contributed by atoms with Crippen LogP contribution in [0.4, 0.5) is 0 Å². The number of rotatable bonds is 3. The largest absolute Gasteiger partial charge is 0.387 e. The number of benzene rings is 1. The Labute approximate surface area is 112 Å². The lowest BCUT2D eigenvalue weighted by atomic mass is 9.93. The molecule has 0 spiro atoms. The second kappa shape index (κ2) is 5.63. The number of para-hydroxylation sites is 2. The average Bonchev–Trinajstić information content (AvgIpc) is 2.48. The lowest BCUT2D eigenvalue weighted by Crippen LogP contribution is -2.18. The van der Waals surface area contributed by atoms with E-state index in [0.29, 0.717) is 11.6 Å². The van der Waals surface area contributed by atoms with E-state index in [1.54, 1.807) is 6.20 Å². The molecule has 1 unspecified atom stereocenters. The standard InChI is InChI=1S/C15H18N2O2/c18-15(9-11-5-7-19-8-6-11)14-10-16-12-3-1-2-4-13(12)17-14/h1-4,10-11,15,18H,5-9H2. The first-order valence-corrected chi connectivity index (χ1v) is 6.80. The SMILES string of the molecule is OC(CC1CCOCC1)c1cnc2ccccc2n1. The van der Waals surface area contributed by atoms with Gasteiger partial charge in [0.25, 0.3) is 0 Å². The summed E-state index contributed by atoms with van der Waals surface area (Å²) in [6.07, 6.45) is 3.96. The van der Waals surface area contributed by atoms with E-state index in [0.717, 1.165) is 43.5 Å². The van der Waals surface area contributed by atoms with Crippen molar-refractivity contribution in [2.75, 3.05) is 13.2 Å². The van der Waals surface area contributed by atoms with Crippen LogP contribution in [0.25, 0.3) is 11.0 Å². The van der Waals surface area contributed by atoms with Gasteiger partial charge in [0.05, 0.1) is 29.0 Å². The van der Waals surface area contributed by atoms with Gasteiger partial charge in [-0.25, -0.2) is 4.98 Å². The van der Waals surface area contributed by atoms with Gasteiger partial charge in [-0.1, -0.05) is 12.1 Å². The van der Waals surface area contributed by atoms with Crippen LogP contribution in [-0.2, 0) is 4.74 Å². The van der Waals surface area contributed by atoms with Gasteiger partial charge < -0.3 is 9.84 Å². The zero-order valence-electron chi connectivity index (χ0n) is 10.8. The van der Waals surface area contributed by atoms with E-state index in [9.17, 15) is 5.11 Å². The van der Waals surface area contributed by atoms with Crippen LogP contribution >= 0.6 is 0 Å². The average molecular weight is 258 g/mol. The van der Waals surface area contributed by atoms with E-state index in [-0.39, 0.29) is 0 Å². The predicted molar refractivity (Wildman–Crippen MR) is 72.7 cm³/mol. The summed E-state index contributed by atoms with van der Waals surface area (Å²) in [5.74, 6) is 0.525. The molecule has 1 aliphatic heterocycles. The van der Waals surface area contributed by atoms with E-state index in [1.807, 2.05) is 24.3 Å². The number of aromatic nitrogens is 2. The molecule has 19 heavy (non-hydrogen) atoms. The van der Waals surface area contributed by atoms with E-state index < -0.39 is 6.10 Å². The zero-order valence-corrected chi connectivity index (χ0v) is 10.8. The summed E-state index contributed by atoms with van der Waals surface area (Å²) in [7, 11) is 0. The summed E-state index contributed by atoms with van der Waals surface area (Å²) in [4.78, 5) is 8.85. The molecule has 100 valence electrons. The molecule has 4 nitrogen and oxygen atoms in total. The number of hydrogen-bond donors (Lipinski definition) is 1. The van der Waals surface area contributed by atoms with Crippen LogP contribution in [0.5, 0.6) is 0 Å². The molecule has 1 N–H and O–H groups in total. The van der Waals surface area contributed by atoms with Crippen molar-refractivity contribution in [2.24, 2.45) is 5.92 Å². The highest BCUT2D eigenvalue weighted by atomic mass is 16.5. The number of hydrogen-bond acceptors (Lipinski definition) is 4. The maximum absolute atomic E-state index is 10.3. The van der Waals surface area contributed by atoms with Crippen LogP contribution < -0.4 is 0 Å². The molecule has 0 amide bonds. The van der Waals surface area contributed by atoms with Crippen LogP contribution in [0.1, 0.15) is 31.1 Å². The minimum absolute atomic E-state index is 0.525. The molecule has 1 aromatic carbocycles. The van der Waals surface area contributed by atoms with Crippen LogP contribution in [0.3, 0.4) is 0 Å². The quantitative estimate of drug-likeness (QED) is 0.919. The summed E-state index contributed by atoms with van der Waals surface area (Å²) in [6.45, 7) is 1.61. The van der Waals surface area contributed by atoms with Crippen LogP contribution in [0.2, 0.25) is 0 Å². The Hall–Kier alpha value is -1.52. The van der Waals surface area contributed by atoms with Crippen molar-refractivity contribution < 1.29 is 9.84 Å². The lowest BCUT2D eigenvalue weighted by molar-refractivity contribution is 0.0427. The highest BCUT2D eigenvalue weighted by Crippen LogP contribution is 2.26. The molecular formula is C15H18N2O2. The van der Waals surface area contributed by atoms with Crippen molar-refractivity contribution in [3.8, 4) is 0 Å². The summed E-state index contributed by atoms with van der Waals surface area (Å²) in [5, 5.41) is 10.3. The van der Waals surface area contributed by atoms with Crippen molar-refractivity contribution in [3.63, 3.8) is 0 Å². The Bertz CT molecular complexity index is 553. The van der Waals surface area contributed by atoms with Crippen molar-refractivity contribution in [1.29, 1.82) is 0 Å². The molecule has 1 fully saturated rings. The summed E-state index contributed by atoms with van der Waals surface area (Å²) >= 11 is 0. The van der Waals surface area contributed by atoms with Crippen LogP contribution in [-0.4, -0.2) is 28.3 Å². The van der Waals surface area contributed by atoms with E-state index in [2.05, 4.69) is 9.97 Å². The Kier molecular flexibility index (Phi) is 3.71. The minimum atomic E-state index is -0.528. The fraction of sp³-hybridized carbons (Fsp3) is 0.467. The first-order valence-electron chi connectivity index (χ1n) is 6.80. The van der Waals surface area contributed by atoms with Gasteiger partial charge in [-0.05, 0) is 37.3 Å². The fourth-order valence-electron chi connectivity index (χ4n) is 2.55. The van der Waals surface area contributed by atoms with Gasteiger partial charge in [0.1, 0.15) is 0 Å². The molecule has 1 aliphatic rings. The smallest absolute Gasteiger partial charge is 0.0978 e. The Morgan fingerprint density at radius 2 is 1.95 bits per heavy atom. The van der Waals surface area contributed by atoms with Crippen molar-refractivity contribution >= 4 is 11.0 Å². The maximum Gasteiger partial charge on any atom is 0.0978 e. The maximum atomic E-state index is 10.3. The molecule has 2 heterocycles. The molecule has 1 saturated heterocycles. The van der Waals surface area contributed by atoms with Gasteiger partial charge in [0, 0.05) is 13.2 Å². The number of ether oxygens (including phenoxy) is 1. The molecule has 1 atom stereocenters. The van der Waals surface area contributed by atoms with Crippen molar-refractivity contribution in [2.45, 2.75) is 25.4 Å². The third-order valence-electron chi connectivity index (χ3n) is 3.71. The van der Waals surface area contributed by atoms with E-state index >= 15 is 0 Å². The van der Waals surface area contributed by atoms with Gasteiger partial charge in [-0.2, -0.15) is 0 Å². The normalized spacial score (nSPS) is 18.6. The third-order valence-corrected chi connectivity index (χ3v) is 3.71. The molecule has 0 saturated carbocycles. The summed E-state index contributed by atoms with van der Waals surface area (Å²) in [5.41, 5.74) is 2.38. The summed E-state index contributed by atoms with van der Waals surface area (Å²) in [6, 6.07) is 7.73. The highest BCUT2D eigenvalue weighted by molar-refractivity contribution is 5.73. The van der Waals surface area contributed by atoms with Crippen molar-refractivity contribution in [3.05, 3.63) is 36.2 Å². The van der Waals surface area contributed by atoms with Gasteiger partial charge in [0.2, 0.25) is 0 Å². The highest BCUT2D eigenvalue weighted by Gasteiger charge is 2.20. The topological polar surface area (TPSA) is 55.2 Å². The van der Waals surface area contributed by atoms with E-state index in [1.165, 1.54) is 0 Å². The second-order valence-corrected chi connectivity index (χ2v) is 5.09. The fourth-order valence-corrected chi connectivity index (χ4v) is 2.55. The molecule has 0 bridgehead atoms. The first kappa shape index (κ1) is 12.5. The van der Waals surface area contributed by atoms with Gasteiger partial charge in [-0.15, -0.1) is 0 Å². The second-order valence-electron chi connectivity index (χ2n) is 5.09. The molecule has 0 radical (unpaired) electrons. The first-order chi connectivity index (χ1) is 9.33. The molecule has 3 rings (SSSR count). The number of fused-ring (bicyclic) bond motifs is 1. The third kappa shape index (κ3) is 2.91. The van der Waals surface area contributed by atoms with Gasteiger partial charge >= 0.3 is 0 Å². The Morgan fingerprint density at radius 1 is 1.21 bits per heavy atom. The molecule has 4 heteroatoms. The molecule has 0 aliphatic carbocycles. The Morgan fingerprint density at radius 3 is 2.74 bits per heavy atom. The minimum Gasteiger partial charge on any atom is -0.387 e. The van der Waals surface area contributed by atoms with Crippen molar-refractivity contribution in [1.82, 2.24) is 9.97 Å². The molecule has 2 aromatic rings. The summed E-state index contributed by atoms with van der Waals surface area (Å²) < 4.78 is 5.34. The van der Waals surface area contributed by atoms with Crippen LogP contribution in [0.15, 0.2) is 30.5 Å². The van der Waals surface area contributed by atoms with Gasteiger partial charge in [0.15, 0.2) is 0 Å². The molecule has 1 aromatic heterocycles. The Balaban J connectivity index is 1.75. The van der Waals surface area contributed by atoms with Crippen LogP contribution in [0, 0.1) is 5.92 Å². The number of aliphatic hydroxyl groups is 1. The van der Waals surface area contributed by atoms with E-state index in [4.69, 9.17) is 4.74 Å². The van der Waals surface area contributed by atoms with Gasteiger partial charge in [-0.3, -0.25) is 4.98 Å². The molecular weight excluding hydrogens is 240 g/mol. The lowest BCUT2D eigenvalue weighted by Gasteiger charge is -2.24. The number of nitrogens with zero attached hydrogens (tertiary/aromatic N) is 2. The zero-order chi connectivity index (χ0) is 13.1. The predicted octanol–water partition coefficient (Wildman–Crippen LogP) is 2.48. The number of aliphatic hydroxyl groups excluding tert-OH is 1. The monoisotopic (exact) mass is 258 g/mol.